The molecule has 7 nitrogen and oxygen atoms in total. The van der Waals surface area contributed by atoms with E-state index in [0.717, 1.165) is 17.7 Å². The summed E-state index contributed by atoms with van der Waals surface area (Å²) in [5.74, 6) is 0.965. The molecule has 3 heterocycles. The van der Waals surface area contributed by atoms with Crippen LogP contribution in [0.5, 0.6) is 5.75 Å². The molecule has 0 bridgehead atoms. The quantitative estimate of drug-likeness (QED) is 0.862. The number of hydrogen-bond donors (Lipinski definition) is 1. The highest BCUT2D eigenvalue weighted by atomic mass is 16.5. The Kier molecular flexibility index (Phi) is 5.30. The Bertz CT molecular complexity index is 882. The molecule has 2 aromatic rings. The van der Waals surface area contributed by atoms with Gasteiger partial charge in [0.1, 0.15) is 11.4 Å². The van der Waals surface area contributed by atoms with Crippen molar-refractivity contribution in [3.63, 3.8) is 0 Å². The molecule has 1 saturated heterocycles. The number of carbonyl (C=O) groups excluding carboxylic acids is 2. The fourth-order valence-corrected chi connectivity index (χ4v) is 4.36. The SMILES string of the molecule is C[C@H](CC(=O)N[C@H]1C[C@@]2(CCC(=O)N(C)CC2)Oc2ccccc21)n1ccnc1. The number of fused-ring (bicyclic) bond motifs is 1. The maximum atomic E-state index is 12.8. The lowest BCUT2D eigenvalue weighted by atomic mass is 9.82. The number of hydrogen-bond acceptors (Lipinski definition) is 4. The van der Waals surface area contributed by atoms with E-state index in [-0.39, 0.29) is 23.9 Å². The van der Waals surface area contributed by atoms with Gasteiger partial charge in [0, 0.05) is 63.3 Å². The second-order valence-electron chi connectivity index (χ2n) is 8.28. The summed E-state index contributed by atoms with van der Waals surface area (Å²) in [6.45, 7) is 2.67. The second-order valence-corrected chi connectivity index (χ2v) is 8.28. The molecular formula is C22H28N4O3. The standard InChI is InChI=1S/C22H28N4O3/c1-16(26-12-10-23-15-26)13-20(27)24-18-14-22(8-7-21(28)25(2)11-9-22)29-19-6-4-3-5-17(18)19/h3-6,10,12,15-16,18H,7-9,11,13-14H2,1-2H3,(H,24,27)/t16-,18+,22+/m1/s1. The van der Waals surface area contributed by atoms with Crippen LogP contribution in [0.1, 0.15) is 56.7 Å². The van der Waals surface area contributed by atoms with Crippen LogP contribution >= 0.6 is 0 Å². The Hall–Kier alpha value is -2.83. The molecule has 2 aliphatic rings. The van der Waals surface area contributed by atoms with E-state index in [4.69, 9.17) is 4.74 Å². The van der Waals surface area contributed by atoms with Gasteiger partial charge in [-0.05, 0) is 19.4 Å². The summed E-state index contributed by atoms with van der Waals surface area (Å²) in [4.78, 5) is 30.8. The van der Waals surface area contributed by atoms with Crippen LogP contribution in [0.2, 0.25) is 0 Å². The molecule has 3 atom stereocenters. The van der Waals surface area contributed by atoms with Gasteiger partial charge in [-0.15, -0.1) is 0 Å². The molecule has 0 saturated carbocycles. The van der Waals surface area contributed by atoms with Crippen molar-refractivity contribution in [1.82, 2.24) is 19.8 Å². The van der Waals surface area contributed by atoms with E-state index in [9.17, 15) is 9.59 Å². The number of carbonyl (C=O) groups is 2. The fourth-order valence-electron chi connectivity index (χ4n) is 4.36. The van der Waals surface area contributed by atoms with Crippen molar-refractivity contribution in [2.45, 2.75) is 56.7 Å². The molecule has 154 valence electrons. The summed E-state index contributed by atoms with van der Waals surface area (Å²) in [6.07, 6.45) is 8.28. The lowest BCUT2D eigenvalue weighted by molar-refractivity contribution is -0.129. The molecule has 0 aliphatic carbocycles. The fraction of sp³-hybridized carbons (Fsp3) is 0.500. The first-order valence-corrected chi connectivity index (χ1v) is 10.2. The number of ether oxygens (including phenoxy) is 1. The normalized spacial score (nSPS) is 25.1. The minimum absolute atomic E-state index is 0.00451. The number of nitrogens with one attached hydrogen (secondary N) is 1. The highest BCUT2D eigenvalue weighted by Gasteiger charge is 2.43. The Labute approximate surface area is 171 Å². The number of likely N-dealkylation sites (tertiary alicyclic amines) is 1. The molecule has 1 aromatic heterocycles. The molecular weight excluding hydrogens is 368 g/mol. The Morgan fingerprint density at radius 2 is 2.21 bits per heavy atom. The van der Waals surface area contributed by atoms with Gasteiger partial charge in [-0.2, -0.15) is 0 Å². The van der Waals surface area contributed by atoms with Gasteiger partial charge in [0.05, 0.1) is 12.4 Å². The smallest absolute Gasteiger partial charge is 0.222 e. The van der Waals surface area contributed by atoms with Crippen LogP contribution in [0, 0.1) is 0 Å². The Balaban J connectivity index is 1.52. The number of rotatable bonds is 4. The third kappa shape index (κ3) is 4.13. The lowest BCUT2D eigenvalue weighted by Crippen LogP contribution is -2.46. The zero-order valence-corrected chi connectivity index (χ0v) is 17.0. The third-order valence-corrected chi connectivity index (χ3v) is 6.17. The van der Waals surface area contributed by atoms with Crippen molar-refractivity contribution in [3.05, 3.63) is 48.5 Å². The van der Waals surface area contributed by atoms with Gasteiger partial charge in [0.15, 0.2) is 0 Å². The molecule has 4 rings (SSSR count). The number of amides is 2. The van der Waals surface area contributed by atoms with E-state index in [0.29, 0.717) is 32.2 Å². The van der Waals surface area contributed by atoms with Crippen molar-refractivity contribution >= 4 is 11.8 Å². The topological polar surface area (TPSA) is 76.5 Å². The van der Waals surface area contributed by atoms with Crippen molar-refractivity contribution in [3.8, 4) is 5.75 Å². The van der Waals surface area contributed by atoms with Crippen molar-refractivity contribution in [2.24, 2.45) is 0 Å². The summed E-state index contributed by atoms with van der Waals surface area (Å²) in [7, 11) is 1.84. The predicted molar refractivity (Wildman–Crippen MR) is 108 cm³/mol. The highest BCUT2D eigenvalue weighted by molar-refractivity contribution is 5.77. The summed E-state index contributed by atoms with van der Waals surface area (Å²) in [5.41, 5.74) is 0.577. The summed E-state index contributed by atoms with van der Waals surface area (Å²) < 4.78 is 8.38. The molecule has 1 spiro atoms. The summed E-state index contributed by atoms with van der Waals surface area (Å²) in [5, 5.41) is 3.23. The zero-order chi connectivity index (χ0) is 20.4. The monoisotopic (exact) mass is 396 g/mol. The number of para-hydroxylation sites is 1. The number of nitrogens with zero attached hydrogens (tertiary/aromatic N) is 3. The van der Waals surface area contributed by atoms with Crippen LogP contribution in [0.3, 0.4) is 0 Å². The molecule has 2 aliphatic heterocycles. The van der Waals surface area contributed by atoms with Gasteiger partial charge in [0.25, 0.3) is 0 Å². The van der Waals surface area contributed by atoms with Crippen LogP contribution in [0.15, 0.2) is 43.0 Å². The van der Waals surface area contributed by atoms with Gasteiger partial charge < -0.3 is 19.5 Å². The van der Waals surface area contributed by atoms with E-state index in [1.54, 1.807) is 17.4 Å². The minimum Gasteiger partial charge on any atom is -0.487 e. The van der Waals surface area contributed by atoms with E-state index in [2.05, 4.69) is 10.3 Å². The molecule has 0 radical (unpaired) electrons. The maximum Gasteiger partial charge on any atom is 0.222 e. The molecule has 1 N–H and O–H groups in total. The van der Waals surface area contributed by atoms with E-state index in [1.165, 1.54) is 0 Å². The Morgan fingerprint density at radius 1 is 1.38 bits per heavy atom. The zero-order valence-electron chi connectivity index (χ0n) is 17.0. The number of benzene rings is 1. The van der Waals surface area contributed by atoms with Crippen LogP contribution in [-0.2, 0) is 9.59 Å². The van der Waals surface area contributed by atoms with Crippen LogP contribution in [-0.4, -0.2) is 45.5 Å². The second kappa shape index (κ2) is 7.89. The first-order chi connectivity index (χ1) is 14.0. The van der Waals surface area contributed by atoms with Gasteiger partial charge >= 0.3 is 0 Å². The van der Waals surface area contributed by atoms with Gasteiger partial charge in [-0.1, -0.05) is 18.2 Å². The lowest BCUT2D eigenvalue weighted by Gasteiger charge is -2.42. The van der Waals surface area contributed by atoms with Crippen molar-refractivity contribution in [2.75, 3.05) is 13.6 Å². The molecule has 1 fully saturated rings. The first kappa shape index (κ1) is 19.5. The number of imidazole rings is 1. The van der Waals surface area contributed by atoms with Crippen molar-refractivity contribution in [1.29, 1.82) is 0 Å². The summed E-state index contributed by atoms with van der Waals surface area (Å²) in [6, 6.07) is 7.80. The van der Waals surface area contributed by atoms with Gasteiger partial charge in [0.2, 0.25) is 11.8 Å². The largest absolute Gasteiger partial charge is 0.487 e. The highest BCUT2D eigenvalue weighted by Crippen LogP contribution is 2.44. The molecule has 1 aromatic carbocycles. The van der Waals surface area contributed by atoms with Gasteiger partial charge in [-0.25, -0.2) is 4.98 Å². The maximum absolute atomic E-state index is 12.8. The first-order valence-electron chi connectivity index (χ1n) is 10.2. The number of aromatic nitrogens is 2. The average Bonchev–Trinajstić information content (AvgIpc) is 3.21. The summed E-state index contributed by atoms with van der Waals surface area (Å²) >= 11 is 0. The van der Waals surface area contributed by atoms with E-state index < -0.39 is 5.60 Å². The Morgan fingerprint density at radius 3 is 3.00 bits per heavy atom. The van der Waals surface area contributed by atoms with Crippen LogP contribution < -0.4 is 10.1 Å². The molecule has 0 unspecified atom stereocenters. The molecule has 2 amide bonds. The molecule has 29 heavy (non-hydrogen) atoms. The van der Waals surface area contributed by atoms with Gasteiger partial charge in [-0.3, -0.25) is 9.59 Å². The van der Waals surface area contributed by atoms with E-state index in [1.807, 2.05) is 49.0 Å². The average molecular weight is 396 g/mol. The van der Waals surface area contributed by atoms with Crippen molar-refractivity contribution < 1.29 is 14.3 Å². The third-order valence-electron chi connectivity index (χ3n) is 6.17. The van der Waals surface area contributed by atoms with Crippen LogP contribution in [0.25, 0.3) is 0 Å². The minimum atomic E-state index is -0.428. The predicted octanol–water partition coefficient (Wildman–Crippen LogP) is 2.86. The van der Waals surface area contributed by atoms with E-state index >= 15 is 0 Å². The molecule has 7 heteroatoms. The van der Waals surface area contributed by atoms with Crippen LogP contribution in [0.4, 0.5) is 0 Å².